The molecule has 4 nitrogen and oxygen atoms in total. The first-order valence-corrected chi connectivity index (χ1v) is 8.22. The van der Waals surface area contributed by atoms with E-state index in [0.29, 0.717) is 13.0 Å². The average Bonchev–Trinajstić information content (AvgIpc) is 2.61. The molecule has 0 aromatic heterocycles. The van der Waals surface area contributed by atoms with Gasteiger partial charge in [-0.2, -0.15) is 0 Å². The second-order valence-corrected chi connectivity index (χ2v) is 6.26. The Morgan fingerprint density at radius 3 is 2.38 bits per heavy atom. The molecule has 3 rings (SSSR count). The number of benzene rings is 2. The van der Waals surface area contributed by atoms with Gasteiger partial charge in [0.15, 0.2) is 0 Å². The highest BCUT2D eigenvalue weighted by Crippen LogP contribution is 2.20. The van der Waals surface area contributed by atoms with Crippen LogP contribution in [0, 0.1) is 0 Å². The number of carbonyl (C=O) groups is 2. The molecule has 0 saturated carbocycles. The smallest absolute Gasteiger partial charge is 0.227 e. The number of rotatable bonds is 3. The van der Waals surface area contributed by atoms with Gasteiger partial charge in [-0.1, -0.05) is 36.4 Å². The Labute approximate surface area is 142 Å². The fourth-order valence-electron chi connectivity index (χ4n) is 3.01. The lowest BCUT2D eigenvalue weighted by molar-refractivity contribution is -0.131. The van der Waals surface area contributed by atoms with Gasteiger partial charge in [-0.15, -0.1) is 0 Å². The fourth-order valence-corrected chi connectivity index (χ4v) is 3.01. The molecule has 1 aliphatic heterocycles. The molecule has 124 valence electrons. The molecule has 2 aromatic rings. The SMILES string of the molecule is CC(=O)N(C)c1ccc(CC(=O)N2CCc3ccccc3C2)cc1. The van der Waals surface area contributed by atoms with Gasteiger partial charge < -0.3 is 9.80 Å². The first-order chi connectivity index (χ1) is 11.5. The molecule has 2 aromatic carbocycles. The normalized spacial score (nSPS) is 13.3. The minimum Gasteiger partial charge on any atom is -0.338 e. The molecule has 0 saturated heterocycles. The van der Waals surface area contributed by atoms with Crippen molar-refractivity contribution < 1.29 is 9.59 Å². The van der Waals surface area contributed by atoms with Gasteiger partial charge in [0, 0.05) is 32.7 Å². The largest absolute Gasteiger partial charge is 0.338 e. The Hall–Kier alpha value is -2.62. The summed E-state index contributed by atoms with van der Waals surface area (Å²) in [5.41, 5.74) is 4.40. The maximum atomic E-state index is 12.6. The number of fused-ring (bicyclic) bond motifs is 1. The molecule has 0 bridgehead atoms. The standard InChI is InChI=1S/C20H22N2O2/c1-15(23)21(2)19-9-7-16(8-10-19)13-20(24)22-12-11-17-5-3-4-6-18(17)14-22/h3-10H,11-14H2,1-2H3. The summed E-state index contributed by atoms with van der Waals surface area (Å²) in [5, 5.41) is 0. The van der Waals surface area contributed by atoms with Crippen molar-refractivity contribution in [3.05, 3.63) is 65.2 Å². The van der Waals surface area contributed by atoms with Gasteiger partial charge in [0.05, 0.1) is 6.42 Å². The number of carbonyl (C=O) groups excluding carboxylic acids is 2. The van der Waals surface area contributed by atoms with Crippen molar-refractivity contribution in [3.63, 3.8) is 0 Å². The molecule has 0 N–H and O–H groups in total. The quantitative estimate of drug-likeness (QED) is 0.872. The Balaban J connectivity index is 1.64. The van der Waals surface area contributed by atoms with Crippen molar-refractivity contribution in [1.29, 1.82) is 0 Å². The van der Waals surface area contributed by atoms with Crippen LogP contribution in [0.4, 0.5) is 5.69 Å². The Kier molecular flexibility index (Phi) is 4.65. The summed E-state index contributed by atoms with van der Waals surface area (Å²) in [6.07, 6.45) is 1.32. The molecule has 0 radical (unpaired) electrons. The molecule has 2 amide bonds. The van der Waals surface area contributed by atoms with Gasteiger partial charge >= 0.3 is 0 Å². The topological polar surface area (TPSA) is 40.6 Å². The van der Waals surface area contributed by atoms with Crippen molar-refractivity contribution in [2.24, 2.45) is 0 Å². The minimum atomic E-state index is -0.00851. The van der Waals surface area contributed by atoms with Crippen LogP contribution in [0.5, 0.6) is 0 Å². The van der Waals surface area contributed by atoms with Crippen molar-refractivity contribution >= 4 is 17.5 Å². The lowest BCUT2D eigenvalue weighted by Gasteiger charge is -2.29. The molecule has 0 fully saturated rings. The van der Waals surface area contributed by atoms with Crippen LogP contribution in [-0.4, -0.2) is 30.3 Å². The Morgan fingerprint density at radius 1 is 1.04 bits per heavy atom. The Bertz CT molecular complexity index is 752. The maximum absolute atomic E-state index is 12.6. The van der Waals surface area contributed by atoms with Gasteiger partial charge in [-0.05, 0) is 35.2 Å². The van der Waals surface area contributed by atoms with Gasteiger partial charge in [0.2, 0.25) is 11.8 Å². The Morgan fingerprint density at radius 2 is 1.71 bits per heavy atom. The van der Waals surface area contributed by atoms with Crippen LogP contribution in [0.1, 0.15) is 23.6 Å². The first-order valence-electron chi connectivity index (χ1n) is 8.22. The molecule has 0 unspecified atom stereocenters. The second-order valence-electron chi connectivity index (χ2n) is 6.26. The highest BCUT2D eigenvalue weighted by atomic mass is 16.2. The lowest BCUT2D eigenvalue weighted by atomic mass is 9.99. The van der Waals surface area contributed by atoms with Gasteiger partial charge in [-0.25, -0.2) is 0 Å². The van der Waals surface area contributed by atoms with E-state index in [1.807, 2.05) is 35.2 Å². The first kappa shape index (κ1) is 16.2. The van der Waals surface area contributed by atoms with Gasteiger partial charge in [0.1, 0.15) is 0 Å². The zero-order valence-electron chi connectivity index (χ0n) is 14.2. The molecular formula is C20H22N2O2. The summed E-state index contributed by atoms with van der Waals surface area (Å²) < 4.78 is 0. The van der Waals surface area contributed by atoms with Gasteiger partial charge in [0.25, 0.3) is 0 Å². The van der Waals surface area contributed by atoms with E-state index in [4.69, 9.17) is 0 Å². The summed E-state index contributed by atoms with van der Waals surface area (Å²) >= 11 is 0. The van der Waals surface area contributed by atoms with Crippen molar-refractivity contribution in [1.82, 2.24) is 4.90 Å². The predicted molar refractivity (Wildman–Crippen MR) is 94.8 cm³/mol. The van der Waals surface area contributed by atoms with E-state index in [1.54, 1.807) is 11.9 Å². The number of amides is 2. The van der Waals surface area contributed by atoms with Crippen molar-refractivity contribution in [2.45, 2.75) is 26.3 Å². The van der Waals surface area contributed by atoms with Crippen LogP contribution in [-0.2, 0) is 29.0 Å². The average molecular weight is 322 g/mol. The summed E-state index contributed by atoms with van der Waals surface area (Å²) in [4.78, 5) is 27.5. The van der Waals surface area contributed by atoms with Crippen LogP contribution >= 0.6 is 0 Å². The highest BCUT2D eigenvalue weighted by molar-refractivity contribution is 5.90. The van der Waals surface area contributed by atoms with Crippen LogP contribution in [0.3, 0.4) is 0 Å². The van der Waals surface area contributed by atoms with Crippen molar-refractivity contribution in [2.75, 3.05) is 18.5 Å². The number of nitrogens with zero attached hydrogens (tertiary/aromatic N) is 2. The van der Waals surface area contributed by atoms with E-state index in [0.717, 1.165) is 24.2 Å². The third-order valence-electron chi connectivity index (χ3n) is 4.63. The zero-order valence-corrected chi connectivity index (χ0v) is 14.2. The van der Waals surface area contributed by atoms with Crippen LogP contribution in [0.25, 0.3) is 0 Å². The lowest BCUT2D eigenvalue weighted by Crippen LogP contribution is -2.36. The number of hydrogen-bond donors (Lipinski definition) is 0. The van der Waals surface area contributed by atoms with E-state index in [-0.39, 0.29) is 11.8 Å². The zero-order chi connectivity index (χ0) is 17.1. The molecule has 0 atom stereocenters. The minimum absolute atomic E-state index is 0.00851. The summed E-state index contributed by atoms with van der Waals surface area (Å²) in [6, 6.07) is 15.9. The summed E-state index contributed by atoms with van der Waals surface area (Å²) in [5.74, 6) is 0.142. The maximum Gasteiger partial charge on any atom is 0.227 e. The van der Waals surface area contributed by atoms with Crippen LogP contribution < -0.4 is 4.90 Å². The monoisotopic (exact) mass is 322 g/mol. The highest BCUT2D eigenvalue weighted by Gasteiger charge is 2.20. The predicted octanol–water partition coefficient (Wildman–Crippen LogP) is 2.80. The van der Waals surface area contributed by atoms with Gasteiger partial charge in [-0.3, -0.25) is 9.59 Å². The second kappa shape index (κ2) is 6.87. The fraction of sp³-hybridized carbons (Fsp3) is 0.300. The molecule has 0 spiro atoms. The number of hydrogen-bond acceptors (Lipinski definition) is 2. The molecular weight excluding hydrogens is 300 g/mol. The van der Waals surface area contributed by atoms with Crippen molar-refractivity contribution in [3.8, 4) is 0 Å². The van der Waals surface area contributed by atoms with Crippen LogP contribution in [0.2, 0.25) is 0 Å². The molecule has 1 heterocycles. The molecule has 1 aliphatic rings. The summed E-state index contributed by atoms with van der Waals surface area (Å²) in [6.45, 7) is 3.01. The van der Waals surface area contributed by atoms with E-state index in [1.165, 1.54) is 18.1 Å². The molecule has 4 heteroatoms. The third-order valence-corrected chi connectivity index (χ3v) is 4.63. The van der Waals surface area contributed by atoms with E-state index < -0.39 is 0 Å². The van der Waals surface area contributed by atoms with E-state index in [2.05, 4.69) is 18.2 Å². The van der Waals surface area contributed by atoms with Crippen LogP contribution in [0.15, 0.2) is 48.5 Å². The molecule has 24 heavy (non-hydrogen) atoms. The van der Waals surface area contributed by atoms with E-state index in [9.17, 15) is 9.59 Å². The third kappa shape index (κ3) is 3.48. The van der Waals surface area contributed by atoms with E-state index >= 15 is 0 Å². The molecule has 0 aliphatic carbocycles. The summed E-state index contributed by atoms with van der Waals surface area (Å²) in [7, 11) is 1.74. The number of anilines is 1.